The molecule has 0 bridgehead atoms. The Morgan fingerprint density at radius 3 is 2.37 bits per heavy atom. The minimum atomic E-state index is -0.0183. The lowest BCUT2D eigenvalue weighted by atomic mass is 9.78. The largest absolute Gasteiger partial charge is 0.396 e. The van der Waals surface area contributed by atoms with Crippen LogP contribution in [0, 0.1) is 11.8 Å². The summed E-state index contributed by atoms with van der Waals surface area (Å²) in [6.45, 7) is 5.48. The molecule has 2 aliphatic carbocycles. The number of hydrogen-bond donors (Lipinski definition) is 1. The average Bonchev–Trinajstić information content (AvgIpc) is 2.96. The minimum Gasteiger partial charge on any atom is -0.396 e. The number of piperazine rings is 1. The molecule has 1 amide bonds. The van der Waals surface area contributed by atoms with Gasteiger partial charge >= 0.3 is 0 Å². The molecule has 7 heteroatoms. The first-order valence-corrected chi connectivity index (χ1v) is 14.8. The smallest absolute Gasteiger partial charge is 0.255 e. The van der Waals surface area contributed by atoms with Crippen LogP contribution >= 0.6 is 0 Å². The van der Waals surface area contributed by atoms with Crippen LogP contribution in [0.3, 0.4) is 0 Å². The van der Waals surface area contributed by atoms with E-state index in [0.29, 0.717) is 24.6 Å². The number of aromatic nitrogens is 1. The number of hydrogen-bond acceptors (Lipinski definition) is 5. The first-order chi connectivity index (χ1) is 18.4. The van der Waals surface area contributed by atoms with Gasteiger partial charge < -0.3 is 19.5 Å². The average molecular weight is 523 g/mol. The highest BCUT2D eigenvalue weighted by molar-refractivity contribution is 5.81. The zero-order chi connectivity index (χ0) is 26.7. The first kappa shape index (κ1) is 27.4. The van der Waals surface area contributed by atoms with E-state index in [9.17, 15) is 14.7 Å². The van der Waals surface area contributed by atoms with Crippen LogP contribution in [0.25, 0.3) is 10.9 Å². The summed E-state index contributed by atoms with van der Waals surface area (Å²) in [6.07, 6.45) is 9.38. The first-order valence-electron chi connectivity index (χ1n) is 14.8. The number of fused-ring (bicyclic) bond motifs is 1. The molecule has 2 aromatic rings. The number of aryl methyl sites for hydroxylation is 1. The van der Waals surface area contributed by atoms with Gasteiger partial charge in [0.15, 0.2) is 0 Å². The summed E-state index contributed by atoms with van der Waals surface area (Å²) in [7, 11) is 4.03. The number of pyridine rings is 1. The van der Waals surface area contributed by atoms with E-state index in [-0.39, 0.29) is 29.5 Å². The molecular formula is C31H46N4O3. The lowest BCUT2D eigenvalue weighted by Gasteiger charge is -2.51. The third-order valence-electron chi connectivity index (χ3n) is 9.78. The summed E-state index contributed by atoms with van der Waals surface area (Å²) < 4.78 is 1.73. The maximum atomic E-state index is 14.2. The third kappa shape index (κ3) is 5.70. The normalized spacial score (nSPS) is 24.9. The minimum absolute atomic E-state index is 0.0113. The van der Waals surface area contributed by atoms with Crippen molar-refractivity contribution in [3.05, 3.63) is 46.2 Å². The van der Waals surface area contributed by atoms with Gasteiger partial charge in [-0.3, -0.25) is 14.5 Å². The van der Waals surface area contributed by atoms with Gasteiger partial charge in [0.05, 0.1) is 12.1 Å². The molecule has 208 valence electrons. The van der Waals surface area contributed by atoms with Gasteiger partial charge in [-0.1, -0.05) is 37.5 Å². The Morgan fingerprint density at radius 1 is 1.00 bits per heavy atom. The lowest BCUT2D eigenvalue weighted by Crippen LogP contribution is -2.62. The molecule has 1 aromatic carbocycles. The van der Waals surface area contributed by atoms with E-state index in [4.69, 9.17) is 0 Å². The Balaban J connectivity index is 1.47. The van der Waals surface area contributed by atoms with Crippen LogP contribution in [0.2, 0.25) is 0 Å². The number of amides is 1. The van der Waals surface area contributed by atoms with Crippen molar-refractivity contribution in [3.63, 3.8) is 0 Å². The van der Waals surface area contributed by atoms with Gasteiger partial charge in [0.25, 0.3) is 5.56 Å². The number of likely N-dealkylation sites (N-methyl/N-ethyl adjacent to an activating group) is 1. The summed E-state index contributed by atoms with van der Waals surface area (Å²) in [4.78, 5) is 34.9. The fourth-order valence-corrected chi connectivity index (χ4v) is 7.29. The molecule has 1 aliphatic heterocycles. The van der Waals surface area contributed by atoms with Crippen molar-refractivity contribution in [2.75, 3.05) is 46.4 Å². The number of rotatable bonds is 7. The van der Waals surface area contributed by atoms with E-state index in [1.165, 1.54) is 19.3 Å². The highest BCUT2D eigenvalue weighted by Crippen LogP contribution is 2.37. The molecule has 3 aliphatic rings. The van der Waals surface area contributed by atoms with Crippen LogP contribution in [0.15, 0.2) is 35.1 Å². The maximum absolute atomic E-state index is 14.2. The predicted octanol–water partition coefficient (Wildman–Crippen LogP) is 3.62. The summed E-state index contributed by atoms with van der Waals surface area (Å²) in [5.74, 6) is 0.501. The fraction of sp³-hybridized carbons (Fsp3) is 0.677. The molecule has 7 nitrogen and oxygen atoms in total. The van der Waals surface area contributed by atoms with E-state index < -0.39 is 0 Å². The van der Waals surface area contributed by atoms with Gasteiger partial charge in [-0.05, 0) is 69.0 Å². The summed E-state index contributed by atoms with van der Waals surface area (Å²) >= 11 is 0. The van der Waals surface area contributed by atoms with Crippen molar-refractivity contribution < 1.29 is 9.90 Å². The van der Waals surface area contributed by atoms with Crippen LogP contribution in [-0.4, -0.2) is 82.2 Å². The van der Waals surface area contributed by atoms with Crippen molar-refractivity contribution in [2.24, 2.45) is 18.9 Å². The third-order valence-corrected chi connectivity index (χ3v) is 9.78. The summed E-state index contributed by atoms with van der Waals surface area (Å²) in [5, 5.41) is 10.7. The van der Waals surface area contributed by atoms with Crippen molar-refractivity contribution in [2.45, 2.75) is 69.9 Å². The Hall–Kier alpha value is -2.22. The monoisotopic (exact) mass is 522 g/mol. The Kier molecular flexibility index (Phi) is 8.56. The molecule has 0 radical (unpaired) electrons. The Morgan fingerprint density at radius 2 is 1.68 bits per heavy atom. The van der Waals surface area contributed by atoms with Crippen molar-refractivity contribution in [1.29, 1.82) is 0 Å². The molecule has 2 saturated carbocycles. The van der Waals surface area contributed by atoms with Gasteiger partial charge in [0.2, 0.25) is 5.91 Å². The lowest BCUT2D eigenvalue weighted by molar-refractivity contribution is -0.141. The number of nitrogens with zero attached hydrogens (tertiary/aromatic N) is 4. The van der Waals surface area contributed by atoms with Gasteiger partial charge in [0.1, 0.15) is 0 Å². The number of carbonyl (C=O) groups is 1. The number of benzene rings is 1. The molecule has 1 saturated heterocycles. The molecule has 3 fully saturated rings. The molecule has 38 heavy (non-hydrogen) atoms. The molecule has 0 spiro atoms. The second-order valence-corrected chi connectivity index (χ2v) is 12.3. The van der Waals surface area contributed by atoms with Gasteiger partial charge in [0, 0.05) is 63.4 Å². The molecule has 0 atom stereocenters. The Bertz CT molecular complexity index is 1160. The molecule has 1 N–H and O–H groups in total. The maximum Gasteiger partial charge on any atom is 0.255 e. The van der Waals surface area contributed by atoms with Crippen LogP contribution in [0.1, 0.15) is 63.4 Å². The van der Waals surface area contributed by atoms with Crippen LogP contribution in [-0.2, 0) is 18.4 Å². The number of aliphatic hydroxyl groups is 1. The second-order valence-electron chi connectivity index (χ2n) is 12.3. The zero-order valence-corrected chi connectivity index (χ0v) is 23.4. The number of para-hydroxylation sites is 1. The quantitative estimate of drug-likeness (QED) is 0.602. The second kappa shape index (κ2) is 11.9. The van der Waals surface area contributed by atoms with E-state index in [2.05, 4.69) is 21.7 Å². The highest BCUT2D eigenvalue weighted by Gasteiger charge is 2.42. The number of aliphatic hydroxyl groups excluding tert-OH is 1. The molecule has 0 unspecified atom stereocenters. The Labute approximate surface area is 227 Å². The summed E-state index contributed by atoms with van der Waals surface area (Å²) in [6, 6.07) is 10.00. The van der Waals surface area contributed by atoms with E-state index in [1.807, 2.05) is 37.4 Å². The zero-order valence-electron chi connectivity index (χ0n) is 23.4. The van der Waals surface area contributed by atoms with E-state index in [0.717, 1.165) is 75.6 Å². The standard InChI is InChI=1S/C31H46N4O3/c1-32-16-18-35(19-17-32)31(14-6-3-7-15-31)23-34(30(38)25-12-10-24(22-36)11-13-25)21-27-20-26-8-4-5-9-28(26)33(2)29(27)37/h4-5,8-9,20,24-25,36H,3,6-7,10-19,21-23H2,1-2H3. The van der Waals surface area contributed by atoms with E-state index >= 15 is 0 Å². The van der Waals surface area contributed by atoms with Gasteiger partial charge in [-0.25, -0.2) is 0 Å². The summed E-state index contributed by atoms with van der Waals surface area (Å²) in [5.41, 5.74) is 1.60. The molecule has 5 rings (SSSR count). The topological polar surface area (TPSA) is 69.0 Å². The SMILES string of the molecule is CN1CCN(C2(CN(Cc3cc4ccccc4n(C)c3=O)C(=O)C3CCC(CO)CC3)CCCCC2)CC1. The van der Waals surface area contributed by atoms with Crippen LogP contribution < -0.4 is 5.56 Å². The van der Waals surface area contributed by atoms with Crippen molar-refractivity contribution in [1.82, 2.24) is 19.3 Å². The predicted molar refractivity (Wildman–Crippen MR) is 152 cm³/mol. The van der Waals surface area contributed by atoms with Crippen LogP contribution in [0.5, 0.6) is 0 Å². The van der Waals surface area contributed by atoms with Crippen LogP contribution in [0.4, 0.5) is 0 Å². The fourth-order valence-electron chi connectivity index (χ4n) is 7.29. The van der Waals surface area contributed by atoms with E-state index in [1.54, 1.807) is 4.57 Å². The van der Waals surface area contributed by atoms with Crippen molar-refractivity contribution in [3.8, 4) is 0 Å². The highest BCUT2D eigenvalue weighted by atomic mass is 16.3. The van der Waals surface area contributed by atoms with Gasteiger partial charge in [-0.15, -0.1) is 0 Å². The molecule has 1 aromatic heterocycles. The molecule has 2 heterocycles. The number of carbonyl (C=O) groups excluding carboxylic acids is 1. The van der Waals surface area contributed by atoms with Gasteiger partial charge in [-0.2, -0.15) is 0 Å². The van der Waals surface area contributed by atoms with Crippen molar-refractivity contribution >= 4 is 16.8 Å². The molecular weight excluding hydrogens is 476 g/mol.